The number of carbonyl (C=O) groups excluding carboxylic acids is 2. The zero-order valence-electron chi connectivity index (χ0n) is 13.3. The fourth-order valence-corrected chi connectivity index (χ4v) is 2.39. The van der Waals surface area contributed by atoms with Crippen molar-refractivity contribution in [2.24, 2.45) is 5.73 Å². The van der Waals surface area contributed by atoms with Crippen molar-refractivity contribution in [3.63, 3.8) is 0 Å². The largest absolute Gasteiger partial charge is 0.490 e. The van der Waals surface area contributed by atoms with Gasteiger partial charge in [0.1, 0.15) is 0 Å². The maximum absolute atomic E-state index is 12.0. The molecule has 6 nitrogen and oxygen atoms in total. The first-order valence-corrected chi connectivity index (χ1v) is 7.75. The summed E-state index contributed by atoms with van der Waals surface area (Å²) in [7, 11) is 0. The molecule has 1 aliphatic rings. The summed E-state index contributed by atoms with van der Waals surface area (Å²) in [5.74, 6) is 0.520. The molecule has 1 heterocycles. The molecular formula is C17H22N2O4. The summed E-state index contributed by atoms with van der Waals surface area (Å²) in [6.45, 7) is 3.94. The fourth-order valence-electron chi connectivity index (χ4n) is 2.39. The van der Waals surface area contributed by atoms with Gasteiger partial charge in [0, 0.05) is 19.2 Å². The van der Waals surface area contributed by atoms with Crippen molar-refractivity contribution in [2.75, 3.05) is 26.3 Å². The molecule has 0 spiro atoms. The number of rotatable bonds is 7. The van der Waals surface area contributed by atoms with Crippen molar-refractivity contribution in [3.05, 3.63) is 29.8 Å². The van der Waals surface area contributed by atoms with Crippen LogP contribution in [0, 0.1) is 0 Å². The molecule has 0 aliphatic carbocycles. The first-order valence-electron chi connectivity index (χ1n) is 7.75. The highest BCUT2D eigenvalue weighted by Gasteiger charge is 2.18. The van der Waals surface area contributed by atoms with E-state index in [-0.39, 0.29) is 12.5 Å². The molecule has 0 bridgehead atoms. The lowest BCUT2D eigenvalue weighted by molar-refractivity contribution is -0.132. The van der Waals surface area contributed by atoms with E-state index in [9.17, 15) is 9.59 Å². The van der Waals surface area contributed by atoms with Crippen LogP contribution in [-0.2, 0) is 9.59 Å². The number of benzene rings is 1. The maximum Gasteiger partial charge on any atom is 0.260 e. The van der Waals surface area contributed by atoms with Gasteiger partial charge >= 0.3 is 0 Å². The van der Waals surface area contributed by atoms with Gasteiger partial charge in [0.2, 0.25) is 5.91 Å². The van der Waals surface area contributed by atoms with Crippen molar-refractivity contribution in [1.29, 1.82) is 0 Å². The van der Waals surface area contributed by atoms with Gasteiger partial charge in [-0.3, -0.25) is 9.59 Å². The number of likely N-dealkylation sites (tertiary alicyclic amines) is 1. The van der Waals surface area contributed by atoms with Crippen LogP contribution < -0.4 is 15.2 Å². The molecule has 1 aromatic carbocycles. The number of hydrogen-bond donors (Lipinski definition) is 1. The normalized spacial score (nSPS) is 14.2. The Hall–Kier alpha value is -2.50. The van der Waals surface area contributed by atoms with Crippen molar-refractivity contribution in [1.82, 2.24) is 4.90 Å². The summed E-state index contributed by atoms with van der Waals surface area (Å²) in [6.07, 6.45) is 4.99. The summed E-state index contributed by atoms with van der Waals surface area (Å²) >= 11 is 0. The molecule has 0 atom stereocenters. The van der Waals surface area contributed by atoms with Crippen LogP contribution in [0.3, 0.4) is 0 Å². The predicted octanol–water partition coefficient (Wildman–Crippen LogP) is 1.58. The lowest BCUT2D eigenvalue weighted by Gasteiger charge is -2.17. The molecule has 1 aliphatic heterocycles. The molecule has 2 rings (SSSR count). The highest BCUT2D eigenvalue weighted by molar-refractivity contribution is 5.90. The van der Waals surface area contributed by atoms with Crippen molar-refractivity contribution >= 4 is 17.9 Å². The Kier molecular flexibility index (Phi) is 6.02. The van der Waals surface area contributed by atoms with Crippen molar-refractivity contribution in [3.8, 4) is 11.5 Å². The minimum Gasteiger partial charge on any atom is -0.490 e. The third kappa shape index (κ3) is 5.02. The van der Waals surface area contributed by atoms with Gasteiger partial charge in [-0.15, -0.1) is 0 Å². The molecule has 2 N–H and O–H groups in total. The minimum absolute atomic E-state index is 0.00343. The second kappa shape index (κ2) is 8.22. The van der Waals surface area contributed by atoms with Gasteiger partial charge in [0.25, 0.3) is 5.91 Å². The molecule has 1 fully saturated rings. The van der Waals surface area contributed by atoms with Gasteiger partial charge in [-0.2, -0.15) is 0 Å². The first-order chi connectivity index (χ1) is 11.1. The second-order valence-electron chi connectivity index (χ2n) is 5.25. The van der Waals surface area contributed by atoms with E-state index in [0.29, 0.717) is 18.1 Å². The van der Waals surface area contributed by atoms with Crippen LogP contribution >= 0.6 is 0 Å². The predicted molar refractivity (Wildman–Crippen MR) is 87.1 cm³/mol. The van der Waals surface area contributed by atoms with Crippen LogP contribution in [0.5, 0.6) is 11.5 Å². The Balaban J connectivity index is 2.04. The van der Waals surface area contributed by atoms with E-state index >= 15 is 0 Å². The average Bonchev–Trinajstić information content (AvgIpc) is 3.06. The van der Waals surface area contributed by atoms with E-state index in [1.165, 1.54) is 6.08 Å². The Morgan fingerprint density at radius 1 is 1.22 bits per heavy atom. The van der Waals surface area contributed by atoms with E-state index in [0.717, 1.165) is 31.5 Å². The first kappa shape index (κ1) is 16.9. The zero-order chi connectivity index (χ0) is 16.7. The number of ether oxygens (including phenoxy) is 2. The molecule has 1 aromatic rings. The van der Waals surface area contributed by atoms with Crippen molar-refractivity contribution in [2.45, 2.75) is 19.8 Å². The van der Waals surface area contributed by atoms with Crippen LogP contribution in [-0.4, -0.2) is 43.0 Å². The maximum atomic E-state index is 12.0. The van der Waals surface area contributed by atoms with Gasteiger partial charge < -0.3 is 20.1 Å². The second-order valence-corrected chi connectivity index (χ2v) is 5.25. The van der Waals surface area contributed by atoms with E-state index in [4.69, 9.17) is 15.2 Å². The standard InChI is InChI=1S/C17H22N2O4/c1-2-22-15-11-13(6-8-16(18)20)5-7-14(15)23-12-17(21)19-9-3-4-10-19/h5-8,11H,2-4,9-10,12H2,1H3,(H2,18,20)/b8-6-. The number of amides is 2. The molecule has 0 aromatic heterocycles. The average molecular weight is 318 g/mol. The molecule has 23 heavy (non-hydrogen) atoms. The molecule has 6 heteroatoms. The van der Waals surface area contributed by atoms with E-state index in [2.05, 4.69) is 0 Å². The number of primary amides is 1. The zero-order valence-corrected chi connectivity index (χ0v) is 13.3. The third-order valence-corrected chi connectivity index (χ3v) is 3.52. The quantitative estimate of drug-likeness (QED) is 0.774. The molecule has 0 radical (unpaired) electrons. The lowest BCUT2D eigenvalue weighted by Crippen LogP contribution is -2.32. The molecule has 1 saturated heterocycles. The molecule has 0 unspecified atom stereocenters. The molecular weight excluding hydrogens is 296 g/mol. The van der Waals surface area contributed by atoms with Gasteiger partial charge in [0.05, 0.1) is 6.61 Å². The van der Waals surface area contributed by atoms with E-state index in [1.807, 2.05) is 11.8 Å². The summed E-state index contributed by atoms with van der Waals surface area (Å²) in [5.41, 5.74) is 5.85. The number of nitrogens with zero attached hydrogens (tertiary/aromatic N) is 1. The topological polar surface area (TPSA) is 81.9 Å². The monoisotopic (exact) mass is 318 g/mol. The van der Waals surface area contributed by atoms with Crippen LogP contribution in [0.2, 0.25) is 0 Å². The summed E-state index contributed by atoms with van der Waals surface area (Å²) in [6, 6.07) is 5.25. The van der Waals surface area contributed by atoms with Crippen LogP contribution in [0.1, 0.15) is 25.3 Å². The summed E-state index contributed by atoms with van der Waals surface area (Å²) < 4.78 is 11.2. The highest BCUT2D eigenvalue weighted by atomic mass is 16.5. The Morgan fingerprint density at radius 2 is 1.96 bits per heavy atom. The van der Waals surface area contributed by atoms with Gasteiger partial charge in [-0.1, -0.05) is 6.07 Å². The van der Waals surface area contributed by atoms with Crippen LogP contribution in [0.4, 0.5) is 0 Å². The number of carbonyl (C=O) groups is 2. The minimum atomic E-state index is -0.514. The summed E-state index contributed by atoms with van der Waals surface area (Å²) in [4.78, 5) is 24.6. The Bertz CT molecular complexity index is 592. The van der Waals surface area contributed by atoms with Crippen LogP contribution in [0.15, 0.2) is 24.3 Å². The molecule has 2 amide bonds. The fraction of sp³-hybridized carbons (Fsp3) is 0.412. The van der Waals surface area contributed by atoms with E-state index < -0.39 is 5.91 Å². The van der Waals surface area contributed by atoms with E-state index in [1.54, 1.807) is 24.3 Å². The molecule has 124 valence electrons. The number of nitrogens with two attached hydrogens (primary N) is 1. The Morgan fingerprint density at radius 3 is 2.61 bits per heavy atom. The number of hydrogen-bond acceptors (Lipinski definition) is 4. The van der Waals surface area contributed by atoms with Crippen molar-refractivity contribution < 1.29 is 19.1 Å². The smallest absolute Gasteiger partial charge is 0.260 e. The van der Waals surface area contributed by atoms with Gasteiger partial charge in [-0.05, 0) is 43.5 Å². The lowest BCUT2D eigenvalue weighted by atomic mass is 10.2. The Labute approximate surface area is 135 Å². The highest BCUT2D eigenvalue weighted by Crippen LogP contribution is 2.29. The van der Waals surface area contributed by atoms with Crippen LogP contribution in [0.25, 0.3) is 6.08 Å². The molecule has 0 saturated carbocycles. The van der Waals surface area contributed by atoms with Gasteiger partial charge in [0.15, 0.2) is 18.1 Å². The SMILES string of the molecule is CCOc1cc(/C=C\C(N)=O)ccc1OCC(=O)N1CCCC1. The summed E-state index contributed by atoms with van der Waals surface area (Å²) in [5, 5.41) is 0. The van der Waals surface area contributed by atoms with Gasteiger partial charge in [-0.25, -0.2) is 0 Å². The third-order valence-electron chi connectivity index (χ3n) is 3.52.